The van der Waals surface area contributed by atoms with Crippen LogP contribution in [0.1, 0.15) is 36.4 Å². The Morgan fingerprint density at radius 3 is 2.85 bits per heavy atom. The van der Waals surface area contributed by atoms with Gasteiger partial charge in [0.15, 0.2) is 11.5 Å². The van der Waals surface area contributed by atoms with Gasteiger partial charge in [-0.1, -0.05) is 0 Å². The van der Waals surface area contributed by atoms with E-state index >= 15 is 0 Å². The zero-order chi connectivity index (χ0) is 17.8. The molecule has 0 radical (unpaired) electrons. The number of carbonyl (C=O) groups excluding carboxylic acids is 2. The molecule has 0 amide bonds. The van der Waals surface area contributed by atoms with Crippen molar-refractivity contribution in [2.45, 2.75) is 31.7 Å². The summed E-state index contributed by atoms with van der Waals surface area (Å²) >= 11 is 0. The minimum Gasteiger partial charge on any atom is -0.468 e. The number of ether oxygens (including phenoxy) is 3. The van der Waals surface area contributed by atoms with Gasteiger partial charge in [-0.15, -0.1) is 0 Å². The molecule has 0 N–H and O–H groups in total. The highest BCUT2D eigenvalue weighted by Gasteiger charge is 2.46. The number of nitrogens with zero attached hydrogens (tertiary/aromatic N) is 1. The van der Waals surface area contributed by atoms with Crippen molar-refractivity contribution in [1.82, 2.24) is 4.90 Å². The number of methoxy groups -OCH3 is 1. The predicted molar refractivity (Wildman–Crippen MR) is 91.9 cm³/mol. The molecule has 0 bridgehead atoms. The first kappa shape index (κ1) is 16.1. The number of rotatable bonds is 1. The molecule has 1 aromatic rings. The van der Waals surface area contributed by atoms with Crippen molar-refractivity contribution in [3.05, 3.63) is 23.3 Å². The second-order valence-corrected chi connectivity index (χ2v) is 7.90. The smallest absolute Gasteiger partial charge is 0.316 e. The van der Waals surface area contributed by atoms with Crippen molar-refractivity contribution in [2.24, 2.45) is 17.8 Å². The molecule has 1 aliphatic carbocycles. The van der Waals surface area contributed by atoms with Crippen LogP contribution in [-0.2, 0) is 20.7 Å². The highest BCUT2D eigenvalue weighted by Crippen LogP contribution is 2.48. The zero-order valence-electron chi connectivity index (χ0n) is 14.9. The molecule has 1 aromatic carbocycles. The van der Waals surface area contributed by atoms with Crippen LogP contribution < -0.4 is 9.47 Å². The van der Waals surface area contributed by atoms with E-state index < -0.39 is 5.92 Å². The number of carbonyl (C=O) groups is 2. The first-order valence-electron chi connectivity index (χ1n) is 9.41. The molecular formula is C20H23NO5. The Balaban J connectivity index is 1.41. The van der Waals surface area contributed by atoms with Crippen LogP contribution in [0.2, 0.25) is 0 Å². The summed E-state index contributed by atoms with van der Waals surface area (Å²) in [7, 11) is 1.37. The molecule has 2 fully saturated rings. The number of Topliss-reactive ketones (excluding diaryl/α,β-unsaturated/α-hetero) is 1. The summed E-state index contributed by atoms with van der Waals surface area (Å²) < 4.78 is 15.9. The maximum Gasteiger partial charge on any atom is 0.316 e. The Labute approximate surface area is 152 Å². The van der Waals surface area contributed by atoms with Crippen molar-refractivity contribution in [3.8, 4) is 11.5 Å². The van der Waals surface area contributed by atoms with Crippen LogP contribution in [0.25, 0.3) is 0 Å². The van der Waals surface area contributed by atoms with Crippen LogP contribution in [0, 0.1) is 17.8 Å². The summed E-state index contributed by atoms with van der Waals surface area (Å²) in [5, 5.41) is 0. The standard InChI is InChI=1S/C20H23NO5/c1-24-20(23)15-4-13-9-21-3-2-11-7-18-19(26-10-25-18)8-14(11)16(21)5-12(13)6-17(15)22/h7-8,12-13,15-16H,2-6,9-10H2,1H3/t12-,13-,15-,16+/m1/s1/i17+2. The lowest BCUT2D eigenvalue weighted by Gasteiger charge is -2.49. The lowest BCUT2D eigenvalue weighted by molar-refractivity contribution is -0.153. The molecule has 4 atom stereocenters. The number of ketones is 1. The van der Waals surface area contributed by atoms with E-state index in [0.717, 1.165) is 37.4 Å². The monoisotopic (exact) mass is 359 g/mol. The molecule has 6 heteroatoms. The molecule has 0 spiro atoms. The molecule has 138 valence electrons. The average Bonchev–Trinajstić information content (AvgIpc) is 3.11. The Bertz CT molecular complexity index is 776. The summed E-state index contributed by atoms with van der Waals surface area (Å²) in [5.41, 5.74) is 2.66. The third kappa shape index (κ3) is 2.42. The van der Waals surface area contributed by atoms with E-state index in [1.54, 1.807) is 0 Å². The lowest BCUT2D eigenvalue weighted by Crippen LogP contribution is -2.50. The third-order valence-electron chi connectivity index (χ3n) is 6.64. The van der Waals surface area contributed by atoms with Crippen molar-refractivity contribution >= 4 is 11.8 Å². The third-order valence-corrected chi connectivity index (χ3v) is 6.64. The summed E-state index contributed by atoms with van der Waals surface area (Å²) in [4.78, 5) is 26.9. The maximum absolute atomic E-state index is 12.5. The Morgan fingerprint density at radius 1 is 1.23 bits per heavy atom. The number of hydrogen-bond donors (Lipinski definition) is 0. The van der Waals surface area contributed by atoms with Crippen LogP contribution >= 0.6 is 0 Å². The van der Waals surface area contributed by atoms with Crippen LogP contribution in [0.3, 0.4) is 0 Å². The summed E-state index contributed by atoms with van der Waals surface area (Å²) in [6, 6.07) is 4.59. The van der Waals surface area contributed by atoms with Crippen molar-refractivity contribution < 1.29 is 23.8 Å². The van der Waals surface area contributed by atoms with E-state index in [-0.39, 0.29) is 11.8 Å². The fourth-order valence-electron chi connectivity index (χ4n) is 5.29. The minimum atomic E-state index is -0.566. The average molecular weight is 359 g/mol. The van der Waals surface area contributed by atoms with E-state index in [2.05, 4.69) is 17.0 Å². The Kier molecular flexibility index (Phi) is 3.71. The van der Waals surface area contributed by atoms with Gasteiger partial charge >= 0.3 is 5.97 Å². The molecular weight excluding hydrogens is 336 g/mol. The molecule has 26 heavy (non-hydrogen) atoms. The van der Waals surface area contributed by atoms with Gasteiger partial charge in [0.1, 0.15) is 11.7 Å². The van der Waals surface area contributed by atoms with Gasteiger partial charge in [0, 0.05) is 25.6 Å². The van der Waals surface area contributed by atoms with Gasteiger partial charge in [-0.2, -0.15) is 0 Å². The largest absolute Gasteiger partial charge is 0.468 e. The maximum atomic E-state index is 12.5. The zero-order valence-corrected chi connectivity index (χ0v) is 14.9. The van der Waals surface area contributed by atoms with Crippen LogP contribution in [-0.4, -0.2) is 43.6 Å². The highest BCUT2D eigenvalue weighted by molar-refractivity contribution is 5.99. The lowest BCUT2D eigenvalue weighted by atomic mass is 9.72. The molecule has 3 heterocycles. The number of esters is 1. The van der Waals surface area contributed by atoms with Crippen LogP contribution in [0.15, 0.2) is 12.1 Å². The van der Waals surface area contributed by atoms with Crippen molar-refractivity contribution in [2.75, 3.05) is 27.0 Å². The molecule has 5 rings (SSSR count). The summed E-state index contributed by atoms with van der Waals surface area (Å²) in [6.07, 6.45) is 3.10. The fourth-order valence-corrected chi connectivity index (χ4v) is 5.29. The number of fused-ring (bicyclic) bond motifs is 5. The second kappa shape index (κ2) is 5.98. The molecule has 0 unspecified atom stereocenters. The van der Waals surface area contributed by atoms with Gasteiger partial charge in [0.2, 0.25) is 6.79 Å². The molecule has 4 aliphatic rings. The number of benzene rings is 1. The summed E-state index contributed by atoms with van der Waals surface area (Å²) in [5.74, 6) is 1.53. The fraction of sp³-hybridized carbons (Fsp3) is 0.600. The van der Waals surface area contributed by atoms with E-state index in [4.69, 9.17) is 14.2 Å². The van der Waals surface area contributed by atoms with E-state index in [9.17, 15) is 9.59 Å². The Morgan fingerprint density at radius 2 is 2.04 bits per heavy atom. The van der Waals surface area contributed by atoms with E-state index in [1.807, 2.05) is 0 Å². The topological polar surface area (TPSA) is 65.1 Å². The molecule has 6 nitrogen and oxygen atoms in total. The van der Waals surface area contributed by atoms with Crippen molar-refractivity contribution in [3.63, 3.8) is 0 Å². The molecule has 1 saturated heterocycles. The first-order chi connectivity index (χ1) is 12.6. The Hall–Kier alpha value is -2.08. The molecule has 1 saturated carbocycles. The van der Waals surface area contributed by atoms with Gasteiger partial charge in [0.25, 0.3) is 0 Å². The van der Waals surface area contributed by atoms with Gasteiger partial charge in [-0.3, -0.25) is 14.5 Å². The normalized spacial score (nSPS) is 32.4. The van der Waals surface area contributed by atoms with E-state index in [0.29, 0.717) is 37.5 Å². The van der Waals surface area contributed by atoms with Gasteiger partial charge in [-0.05, 0) is 54.4 Å². The summed E-state index contributed by atoms with van der Waals surface area (Å²) in [6.45, 7) is 2.25. The molecule has 0 aromatic heterocycles. The molecule has 3 aliphatic heterocycles. The number of hydrogen-bond acceptors (Lipinski definition) is 6. The predicted octanol–water partition coefficient (Wildman–Crippen LogP) is 2.10. The highest BCUT2D eigenvalue weighted by atomic mass is 16.7. The minimum absolute atomic E-state index is 0.0493. The van der Waals surface area contributed by atoms with E-state index in [1.165, 1.54) is 18.2 Å². The van der Waals surface area contributed by atoms with Gasteiger partial charge in [-0.25, -0.2) is 0 Å². The SMILES string of the molecule is COC(=O)[C@@H]1C[C@@H]2CN3CCc4cc5c(cc4[C@@H]3C[C@@H]2C[14C]1=O)OCO5. The van der Waals surface area contributed by atoms with Crippen molar-refractivity contribution in [1.29, 1.82) is 0 Å². The van der Waals surface area contributed by atoms with Gasteiger partial charge in [0.05, 0.1) is 7.11 Å². The second-order valence-electron chi connectivity index (χ2n) is 7.90. The van der Waals surface area contributed by atoms with Crippen LogP contribution in [0.5, 0.6) is 11.5 Å². The number of piperidine rings is 1. The first-order valence-corrected chi connectivity index (χ1v) is 9.41. The van der Waals surface area contributed by atoms with Gasteiger partial charge < -0.3 is 14.2 Å². The quantitative estimate of drug-likeness (QED) is 0.565. The van der Waals surface area contributed by atoms with Crippen LogP contribution in [0.4, 0.5) is 0 Å².